The summed E-state index contributed by atoms with van der Waals surface area (Å²) in [6, 6.07) is 5.53. The molecule has 3 fully saturated rings. The zero-order chi connectivity index (χ0) is 15.8. The molecule has 4 N–H and O–H groups in total. The van der Waals surface area contributed by atoms with Gasteiger partial charge in [0.25, 0.3) is 5.91 Å². The number of ether oxygens (including phenoxy) is 1. The van der Waals surface area contributed by atoms with E-state index in [1.165, 1.54) is 24.3 Å². The molecule has 0 unspecified atom stereocenters. The van der Waals surface area contributed by atoms with Gasteiger partial charge in [0.1, 0.15) is 11.6 Å². The van der Waals surface area contributed by atoms with Crippen molar-refractivity contribution < 1.29 is 19.0 Å². The minimum absolute atomic E-state index is 0.128. The summed E-state index contributed by atoms with van der Waals surface area (Å²) in [5.74, 6) is -0.135. The summed E-state index contributed by atoms with van der Waals surface area (Å²) in [5.41, 5.74) is 5.30. The van der Waals surface area contributed by atoms with Crippen molar-refractivity contribution in [3.63, 3.8) is 0 Å². The number of carbonyl (C=O) groups is 1. The minimum Gasteiger partial charge on any atom is -0.484 e. The van der Waals surface area contributed by atoms with Gasteiger partial charge in [-0.2, -0.15) is 0 Å². The summed E-state index contributed by atoms with van der Waals surface area (Å²) in [4.78, 5) is 12.1. The van der Waals surface area contributed by atoms with E-state index < -0.39 is 11.6 Å². The first-order valence-corrected chi connectivity index (χ1v) is 7.57. The molecule has 1 atom stereocenters. The highest BCUT2D eigenvalue weighted by atomic mass is 19.1. The predicted molar refractivity (Wildman–Crippen MR) is 78.8 cm³/mol. The lowest BCUT2D eigenvalue weighted by atomic mass is 9.60. The summed E-state index contributed by atoms with van der Waals surface area (Å²) >= 11 is 0. The van der Waals surface area contributed by atoms with Gasteiger partial charge in [0.2, 0.25) is 0 Å². The van der Waals surface area contributed by atoms with Crippen molar-refractivity contribution in [2.45, 2.75) is 49.3 Å². The zero-order valence-corrected chi connectivity index (χ0v) is 12.3. The molecule has 120 valence electrons. The molecule has 1 aromatic carbocycles. The van der Waals surface area contributed by atoms with E-state index in [2.05, 4.69) is 5.32 Å². The first-order valence-electron chi connectivity index (χ1n) is 7.57. The lowest BCUT2D eigenvalue weighted by Crippen LogP contribution is -2.68. The van der Waals surface area contributed by atoms with E-state index in [9.17, 15) is 14.3 Å². The molecule has 5 nitrogen and oxygen atoms in total. The molecule has 4 rings (SSSR count). The van der Waals surface area contributed by atoms with E-state index >= 15 is 0 Å². The van der Waals surface area contributed by atoms with Crippen molar-refractivity contribution in [3.8, 4) is 5.75 Å². The van der Waals surface area contributed by atoms with Crippen LogP contribution in [0.15, 0.2) is 24.3 Å². The van der Waals surface area contributed by atoms with Gasteiger partial charge in [0, 0.05) is 11.1 Å². The third-order valence-corrected chi connectivity index (χ3v) is 4.97. The van der Waals surface area contributed by atoms with Gasteiger partial charge in [0.15, 0.2) is 6.61 Å². The molecule has 0 saturated heterocycles. The van der Waals surface area contributed by atoms with Crippen molar-refractivity contribution in [2.75, 3.05) is 6.61 Å². The van der Waals surface area contributed by atoms with Gasteiger partial charge in [0.05, 0.1) is 6.10 Å². The number of fused-ring (bicyclic) bond motifs is 3. The maximum absolute atomic E-state index is 12.8. The molecule has 2 bridgehead atoms. The molecular formula is C16H21FN2O3. The highest BCUT2D eigenvalue weighted by molar-refractivity contribution is 5.78. The molecule has 6 heteroatoms. The molecule has 0 radical (unpaired) electrons. The van der Waals surface area contributed by atoms with Crippen LogP contribution >= 0.6 is 0 Å². The normalized spacial score (nSPS) is 33.5. The Labute approximate surface area is 128 Å². The summed E-state index contributed by atoms with van der Waals surface area (Å²) in [5, 5.41) is 13.1. The average Bonchev–Trinajstić information content (AvgIpc) is 2.49. The monoisotopic (exact) mass is 308 g/mol. The van der Waals surface area contributed by atoms with Crippen LogP contribution in [0.25, 0.3) is 0 Å². The van der Waals surface area contributed by atoms with Crippen molar-refractivity contribution in [2.24, 2.45) is 5.73 Å². The first kappa shape index (κ1) is 15.2. The second-order valence-electron chi connectivity index (χ2n) is 6.52. The largest absolute Gasteiger partial charge is 0.484 e. The van der Waals surface area contributed by atoms with E-state index in [1.54, 1.807) is 0 Å². The Hall–Kier alpha value is -1.66. The van der Waals surface area contributed by atoms with Crippen molar-refractivity contribution >= 4 is 5.91 Å². The zero-order valence-electron chi connectivity index (χ0n) is 12.3. The minimum atomic E-state index is -0.576. The number of aliphatic hydroxyl groups excluding tert-OH is 1. The van der Waals surface area contributed by atoms with Crippen LogP contribution in [0.3, 0.4) is 0 Å². The molecule has 3 saturated carbocycles. The number of hydrogen-bond donors (Lipinski definition) is 3. The van der Waals surface area contributed by atoms with Crippen molar-refractivity contribution in [3.05, 3.63) is 30.1 Å². The fraction of sp³-hybridized carbons (Fsp3) is 0.562. The topological polar surface area (TPSA) is 84.6 Å². The Bertz CT molecular complexity index is 553. The molecule has 0 spiro atoms. The molecule has 1 amide bonds. The van der Waals surface area contributed by atoms with Crippen LogP contribution in [0, 0.1) is 5.82 Å². The number of nitrogens with one attached hydrogen (secondary N) is 1. The van der Waals surface area contributed by atoms with Crippen LogP contribution in [0.4, 0.5) is 4.39 Å². The summed E-state index contributed by atoms with van der Waals surface area (Å²) in [6.07, 6.45) is 2.91. The number of benzene rings is 1. The fourth-order valence-electron chi connectivity index (χ4n) is 3.49. The van der Waals surface area contributed by atoms with Crippen LogP contribution in [0.2, 0.25) is 0 Å². The van der Waals surface area contributed by atoms with Crippen LogP contribution in [0.5, 0.6) is 5.75 Å². The quantitative estimate of drug-likeness (QED) is 0.777. The van der Waals surface area contributed by atoms with Crippen LogP contribution in [0.1, 0.15) is 32.1 Å². The smallest absolute Gasteiger partial charge is 0.258 e. The second-order valence-corrected chi connectivity index (χ2v) is 6.52. The number of hydrogen-bond acceptors (Lipinski definition) is 4. The van der Waals surface area contributed by atoms with E-state index in [-0.39, 0.29) is 23.9 Å². The molecule has 22 heavy (non-hydrogen) atoms. The molecule has 0 aliphatic heterocycles. The second kappa shape index (κ2) is 5.52. The van der Waals surface area contributed by atoms with Crippen LogP contribution in [-0.2, 0) is 4.79 Å². The molecule has 0 heterocycles. The lowest BCUT2D eigenvalue weighted by molar-refractivity contribution is -0.128. The maximum atomic E-state index is 12.8. The first-order chi connectivity index (χ1) is 10.4. The number of nitrogens with two attached hydrogens (primary N) is 1. The number of rotatable bonds is 4. The maximum Gasteiger partial charge on any atom is 0.258 e. The Balaban J connectivity index is 1.55. The number of amides is 1. The number of aliphatic hydroxyl groups is 1. The van der Waals surface area contributed by atoms with Gasteiger partial charge in [-0.05, 0) is 56.4 Å². The van der Waals surface area contributed by atoms with Gasteiger partial charge in [-0.1, -0.05) is 0 Å². The number of halogens is 1. The molecule has 3 aliphatic carbocycles. The van der Waals surface area contributed by atoms with Gasteiger partial charge in [-0.25, -0.2) is 4.39 Å². The summed E-state index contributed by atoms with van der Waals surface area (Å²) in [7, 11) is 0. The Morgan fingerprint density at radius 1 is 1.32 bits per heavy atom. The van der Waals surface area contributed by atoms with Crippen molar-refractivity contribution in [1.29, 1.82) is 0 Å². The van der Waals surface area contributed by atoms with Gasteiger partial charge in [-0.15, -0.1) is 0 Å². The SMILES string of the molecule is NC12CCC(NC(=O)COc3ccc(F)cc3)(CC1)C[C@@H]2O. The van der Waals surface area contributed by atoms with E-state index in [1.807, 2.05) is 0 Å². The Morgan fingerprint density at radius 2 is 1.95 bits per heavy atom. The van der Waals surface area contributed by atoms with E-state index in [0.29, 0.717) is 25.0 Å². The third-order valence-electron chi connectivity index (χ3n) is 4.97. The summed E-state index contributed by atoms with van der Waals surface area (Å²) < 4.78 is 18.1. The van der Waals surface area contributed by atoms with Gasteiger partial charge < -0.3 is 20.9 Å². The molecular weight excluding hydrogens is 287 g/mol. The Morgan fingerprint density at radius 3 is 2.55 bits per heavy atom. The summed E-state index contributed by atoms with van der Waals surface area (Å²) in [6.45, 7) is -0.128. The predicted octanol–water partition coefficient (Wildman–Crippen LogP) is 1.10. The molecule has 1 aromatic rings. The van der Waals surface area contributed by atoms with Crippen LogP contribution < -0.4 is 15.8 Å². The lowest BCUT2D eigenvalue weighted by Gasteiger charge is -2.54. The van der Waals surface area contributed by atoms with Crippen LogP contribution in [-0.4, -0.2) is 34.8 Å². The third kappa shape index (κ3) is 2.94. The van der Waals surface area contributed by atoms with E-state index in [4.69, 9.17) is 10.5 Å². The standard InChI is InChI=1S/C16H21FN2O3/c17-11-1-3-12(4-2-11)22-10-14(21)19-15-5-7-16(18,8-6-15)13(20)9-15/h1-4,13,20H,5-10,18H2,(H,19,21)/t13-,15?,16?/m0/s1. The van der Waals surface area contributed by atoms with E-state index in [0.717, 1.165) is 12.8 Å². The highest BCUT2D eigenvalue weighted by Crippen LogP contribution is 2.45. The highest BCUT2D eigenvalue weighted by Gasteiger charge is 2.52. The Kier molecular flexibility index (Phi) is 3.82. The molecule has 3 aliphatic rings. The molecule has 0 aromatic heterocycles. The van der Waals surface area contributed by atoms with Gasteiger partial charge >= 0.3 is 0 Å². The van der Waals surface area contributed by atoms with Gasteiger partial charge in [-0.3, -0.25) is 4.79 Å². The number of carbonyl (C=O) groups excluding carboxylic acids is 1. The van der Waals surface area contributed by atoms with Crippen molar-refractivity contribution in [1.82, 2.24) is 5.32 Å². The fourth-order valence-corrected chi connectivity index (χ4v) is 3.49. The average molecular weight is 308 g/mol.